The van der Waals surface area contributed by atoms with Crippen LogP contribution in [0.1, 0.15) is 10.4 Å². The van der Waals surface area contributed by atoms with Crippen LogP contribution in [0.25, 0.3) is 0 Å². The molecule has 0 spiro atoms. The molecule has 0 fully saturated rings. The van der Waals surface area contributed by atoms with E-state index >= 15 is 0 Å². The largest absolute Gasteiger partial charge is 0.564 e. The Balaban J connectivity index is 2.19. The summed E-state index contributed by atoms with van der Waals surface area (Å²) in [4.78, 5) is 22.0. The van der Waals surface area contributed by atoms with E-state index in [0.29, 0.717) is 5.56 Å². The first-order valence-corrected chi connectivity index (χ1v) is 5.76. The molecule has 0 bridgehead atoms. The number of carbonyl (C=O) groups excluding carboxylic acids is 1. The Labute approximate surface area is 101 Å². The van der Waals surface area contributed by atoms with Crippen LogP contribution in [0.4, 0.5) is 5.13 Å². The molecule has 0 aliphatic rings. The maximum atomic E-state index is 11.8. The predicted molar refractivity (Wildman–Crippen MR) is 61.9 cm³/mol. The lowest BCUT2D eigenvalue weighted by Gasteiger charge is -1.95. The molecule has 86 valence electrons. The molecule has 0 N–H and O–H groups in total. The van der Waals surface area contributed by atoms with Gasteiger partial charge in [0.1, 0.15) is 4.92 Å². The van der Waals surface area contributed by atoms with Gasteiger partial charge in [0.2, 0.25) is 12.3 Å². The number of hydrogen-bond donors (Lipinski definition) is 0. The van der Waals surface area contributed by atoms with E-state index in [-0.39, 0.29) is 17.5 Å². The van der Waals surface area contributed by atoms with Gasteiger partial charge < -0.3 is 0 Å². The molecule has 6 heteroatoms. The normalized spacial score (nSPS) is 10.1. The van der Waals surface area contributed by atoms with Crippen LogP contribution in [-0.2, 0) is 6.54 Å². The van der Waals surface area contributed by atoms with Crippen molar-refractivity contribution in [1.82, 2.24) is 0 Å². The molecule has 0 amide bonds. The Kier molecular flexibility index (Phi) is 3.24. The van der Waals surface area contributed by atoms with Crippen molar-refractivity contribution in [3.8, 4) is 0 Å². The second kappa shape index (κ2) is 4.84. The number of rotatable bonds is 4. The molecule has 0 unspecified atom stereocenters. The topological polar surface area (TPSA) is 64.1 Å². The average molecular weight is 249 g/mol. The zero-order valence-corrected chi connectivity index (χ0v) is 9.59. The maximum absolute atomic E-state index is 11.8. The van der Waals surface area contributed by atoms with Crippen LogP contribution in [0.2, 0.25) is 0 Å². The SMILES string of the molecule is O=C(C[n+]1ccsc1[N+](=O)[O-])c1ccccc1. The van der Waals surface area contributed by atoms with Crippen molar-refractivity contribution in [2.75, 3.05) is 0 Å². The van der Waals surface area contributed by atoms with Crippen molar-refractivity contribution in [3.63, 3.8) is 0 Å². The highest BCUT2D eigenvalue weighted by molar-refractivity contribution is 7.12. The van der Waals surface area contributed by atoms with Crippen molar-refractivity contribution in [3.05, 3.63) is 57.6 Å². The number of nitro groups is 1. The number of thiazole rings is 1. The van der Waals surface area contributed by atoms with Gasteiger partial charge in [-0.25, -0.2) is 0 Å². The Hall–Kier alpha value is -2.08. The van der Waals surface area contributed by atoms with Crippen molar-refractivity contribution >= 4 is 22.3 Å². The molecule has 0 atom stereocenters. The van der Waals surface area contributed by atoms with Gasteiger partial charge in [-0.3, -0.25) is 14.9 Å². The fourth-order valence-corrected chi connectivity index (χ4v) is 2.11. The summed E-state index contributed by atoms with van der Waals surface area (Å²) in [5.41, 5.74) is 0.556. The van der Waals surface area contributed by atoms with E-state index in [0.717, 1.165) is 11.3 Å². The molecule has 0 saturated carbocycles. The summed E-state index contributed by atoms with van der Waals surface area (Å²) < 4.78 is 1.35. The van der Waals surface area contributed by atoms with Gasteiger partial charge in [-0.1, -0.05) is 30.3 Å². The molecule has 1 aromatic carbocycles. The third kappa shape index (κ3) is 2.54. The number of aromatic nitrogens is 1. The zero-order chi connectivity index (χ0) is 12.3. The summed E-state index contributed by atoms with van der Waals surface area (Å²) in [7, 11) is 0. The summed E-state index contributed by atoms with van der Waals surface area (Å²) in [5.74, 6) is -0.142. The van der Waals surface area contributed by atoms with E-state index in [9.17, 15) is 14.9 Å². The van der Waals surface area contributed by atoms with Crippen LogP contribution >= 0.6 is 11.3 Å². The average Bonchev–Trinajstić information content (AvgIpc) is 2.78. The molecular formula is C11H9N2O3S+. The van der Waals surface area contributed by atoms with Gasteiger partial charge >= 0.3 is 5.13 Å². The van der Waals surface area contributed by atoms with E-state index in [1.165, 1.54) is 4.57 Å². The molecule has 17 heavy (non-hydrogen) atoms. The molecule has 0 radical (unpaired) electrons. The van der Waals surface area contributed by atoms with Gasteiger partial charge in [0.15, 0.2) is 6.20 Å². The maximum Gasteiger partial charge on any atom is 0.564 e. The molecule has 1 aromatic heterocycles. The molecule has 1 heterocycles. The minimum Gasteiger partial charge on any atom is -0.287 e. The van der Waals surface area contributed by atoms with Crippen molar-refractivity contribution in [1.29, 1.82) is 0 Å². The third-order valence-electron chi connectivity index (χ3n) is 2.23. The molecule has 2 aromatic rings. The minimum absolute atomic E-state index is 0.0101. The summed E-state index contributed by atoms with van der Waals surface area (Å²) in [6.07, 6.45) is 1.55. The number of benzene rings is 1. The summed E-state index contributed by atoms with van der Waals surface area (Å²) in [6, 6.07) is 8.74. The van der Waals surface area contributed by atoms with E-state index in [1.54, 1.807) is 35.8 Å². The van der Waals surface area contributed by atoms with Crippen molar-refractivity contribution in [2.45, 2.75) is 6.54 Å². The first-order chi connectivity index (χ1) is 8.18. The molecule has 0 aliphatic heterocycles. The van der Waals surface area contributed by atoms with Gasteiger partial charge in [-0.2, -0.15) is 0 Å². The second-order valence-corrected chi connectivity index (χ2v) is 4.23. The van der Waals surface area contributed by atoms with Crippen LogP contribution in [0, 0.1) is 10.1 Å². The standard InChI is InChI=1S/C11H9N2O3S/c14-10(9-4-2-1-3-5-9)8-12-6-7-17-11(12)13(15)16/h1-7H,8H2/q+1. The highest BCUT2D eigenvalue weighted by Gasteiger charge is 2.26. The lowest BCUT2D eigenvalue weighted by molar-refractivity contribution is -0.719. The van der Waals surface area contributed by atoms with E-state index in [4.69, 9.17) is 0 Å². The van der Waals surface area contributed by atoms with Gasteiger partial charge in [0, 0.05) is 16.9 Å². The highest BCUT2D eigenvalue weighted by atomic mass is 32.1. The van der Waals surface area contributed by atoms with Crippen LogP contribution in [-0.4, -0.2) is 10.7 Å². The molecule has 0 saturated heterocycles. The fraction of sp³-hybridized carbons (Fsp3) is 0.0909. The van der Waals surface area contributed by atoms with Gasteiger partial charge in [0.05, 0.1) is 5.38 Å². The lowest BCUT2D eigenvalue weighted by atomic mass is 10.1. The summed E-state index contributed by atoms with van der Waals surface area (Å²) in [5, 5.41) is 12.2. The summed E-state index contributed by atoms with van der Waals surface area (Å²) >= 11 is 1.01. The van der Waals surface area contributed by atoms with Gasteiger partial charge in [-0.05, 0) is 0 Å². The van der Waals surface area contributed by atoms with Crippen LogP contribution in [0.5, 0.6) is 0 Å². The Morgan fingerprint density at radius 1 is 1.35 bits per heavy atom. The van der Waals surface area contributed by atoms with Crippen LogP contribution in [0.15, 0.2) is 41.9 Å². The number of nitrogens with zero attached hydrogens (tertiary/aromatic N) is 2. The first kappa shape index (κ1) is 11.4. The molecular weight excluding hydrogens is 240 g/mol. The van der Waals surface area contributed by atoms with E-state index in [1.807, 2.05) is 6.07 Å². The van der Waals surface area contributed by atoms with Gasteiger partial charge in [-0.15, -0.1) is 4.57 Å². The van der Waals surface area contributed by atoms with Gasteiger partial charge in [0.25, 0.3) is 0 Å². The Morgan fingerprint density at radius 3 is 2.71 bits per heavy atom. The predicted octanol–water partition coefficient (Wildman–Crippen LogP) is 1.83. The smallest absolute Gasteiger partial charge is 0.287 e. The van der Waals surface area contributed by atoms with Crippen LogP contribution in [0.3, 0.4) is 0 Å². The molecule has 2 rings (SSSR count). The minimum atomic E-state index is -0.483. The van der Waals surface area contributed by atoms with E-state index < -0.39 is 4.92 Å². The number of carbonyl (C=O) groups is 1. The fourth-order valence-electron chi connectivity index (χ4n) is 1.43. The second-order valence-electron chi connectivity index (χ2n) is 3.36. The first-order valence-electron chi connectivity index (χ1n) is 4.88. The Bertz CT molecular complexity index is 551. The lowest BCUT2D eigenvalue weighted by Crippen LogP contribution is -2.37. The zero-order valence-electron chi connectivity index (χ0n) is 8.78. The van der Waals surface area contributed by atoms with E-state index in [2.05, 4.69) is 0 Å². The number of hydrogen-bond acceptors (Lipinski definition) is 4. The third-order valence-corrected chi connectivity index (χ3v) is 3.08. The molecule has 0 aliphatic carbocycles. The highest BCUT2D eigenvalue weighted by Crippen LogP contribution is 2.12. The van der Waals surface area contributed by atoms with Crippen molar-refractivity contribution in [2.24, 2.45) is 0 Å². The van der Waals surface area contributed by atoms with Crippen molar-refractivity contribution < 1.29 is 14.3 Å². The van der Waals surface area contributed by atoms with Crippen LogP contribution < -0.4 is 4.57 Å². The molecule has 5 nitrogen and oxygen atoms in total. The summed E-state index contributed by atoms with van der Waals surface area (Å²) in [6.45, 7) is -0.0101. The number of ketones is 1. The monoisotopic (exact) mass is 249 g/mol. The Morgan fingerprint density at radius 2 is 2.06 bits per heavy atom. The quantitative estimate of drug-likeness (QED) is 0.359. The number of Topliss-reactive ketones (excluding diaryl/α,β-unsaturated/α-hetero) is 1.